The Labute approximate surface area is 97.4 Å². The van der Waals surface area contributed by atoms with Crippen LogP contribution in [0.1, 0.15) is 19.3 Å². The first-order valence-electron chi connectivity index (χ1n) is 5.07. The first kappa shape index (κ1) is 10.5. The molecule has 0 atom stereocenters. The Morgan fingerprint density at radius 3 is 2.47 bits per heavy atom. The molecule has 1 aliphatic carbocycles. The van der Waals surface area contributed by atoms with Crippen LogP contribution in [-0.2, 0) is 0 Å². The van der Waals surface area contributed by atoms with Gasteiger partial charge in [0.25, 0.3) is 0 Å². The molecule has 0 aromatic heterocycles. The lowest BCUT2D eigenvalue weighted by Crippen LogP contribution is -2.41. The Morgan fingerprint density at radius 1 is 1.27 bits per heavy atom. The number of hydrogen-bond donors (Lipinski definition) is 2. The zero-order valence-electron chi connectivity index (χ0n) is 8.29. The monoisotopic (exact) mass is 268 g/mol. The molecule has 2 rings (SSSR count). The van der Waals surface area contributed by atoms with Gasteiger partial charge in [0, 0.05) is 16.2 Å². The number of rotatable bonds is 2. The van der Waals surface area contributed by atoms with Crippen molar-refractivity contribution >= 4 is 27.6 Å². The number of benzene rings is 1. The zero-order chi connectivity index (χ0) is 10.7. The van der Waals surface area contributed by atoms with Gasteiger partial charge in [-0.15, -0.1) is 0 Å². The topological polar surface area (TPSA) is 41.1 Å². The molecule has 3 nitrogen and oxygen atoms in total. The summed E-state index contributed by atoms with van der Waals surface area (Å²) in [6.07, 6.45) is 3.44. The molecular weight excluding hydrogens is 256 g/mol. The van der Waals surface area contributed by atoms with E-state index in [2.05, 4.69) is 26.6 Å². The number of amides is 2. The summed E-state index contributed by atoms with van der Waals surface area (Å²) in [4.78, 5) is 11.5. The van der Waals surface area contributed by atoms with Gasteiger partial charge in [0.05, 0.1) is 0 Å². The number of urea groups is 1. The van der Waals surface area contributed by atoms with Gasteiger partial charge in [-0.2, -0.15) is 0 Å². The lowest BCUT2D eigenvalue weighted by molar-refractivity contribution is 0.240. The average Bonchev–Trinajstić information content (AvgIpc) is 2.16. The molecule has 0 bridgehead atoms. The molecule has 80 valence electrons. The van der Waals surface area contributed by atoms with E-state index in [0.717, 1.165) is 23.0 Å². The molecule has 0 heterocycles. The molecule has 2 amide bonds. The summed E-state index contributed by atoms with van der Waals surface area (Å²) in [5.74, 6) is 0. The summed E-state index contributed by atoms with van der Waals surface area (Å²) in [5.41, 5.74) is 0.815. The van der Waals surface area contributed by atoms with Crippen LogP contribution < -0.4 is 10.6 Å². The lowest BCUT2D eigenvalue weighted by Gasteiger charge is -2.26. The van der Waals surface area contributed by atoms with Crippen molar-refractivity contribution < 1.29 is 4.79 Å². The third kappa shape index (κ3) is 2.96. The maximum Gasteiger partial charge on any atom is 0.319 e. The molecule has 0 spiro atoms. The van der Waals surface area contributed by atoms with Gasteiger partial charge < -0.3 is 10.6 Å². The predicted octanol–water partition coefficient (Wildman–Crippen LogP) is 3.12. The number of carbonyl (C=O) groups excluding carboxylic acids is 1. The van der Waals surface area contributed by atoms with E-state index in [-0.39, 0.29) is 6.03 Å². The third-order valence-corrected chi connectivity index (χ3v) is 3.07. The minimum absolute atomic E-state index is 0.109. The molecule has 1 aromatic rings. The van der Waals surface area contributed by atoms with Crippen molar-refractivity contribution in [1.29, 1.82) is 0 Å². The second kappa shape index (κ2) is 4.66. The van der Waals surface area contributed by atoms with Crippen LogP contribution in [0.15, 0.2) is 28.7 Å². The minimum atomic E-state index is -0.109. The van der Waals surface area contributed by atoms with Crippen LogP contribution >= 0.6 is 15.9 Å². The molecule has 0 radical (unpaired) electrons. The maximum atomic E-state index is 11.5. The molecular formula is C11H13BrN2O. The summed E-state index contributed by atoms with van der Waals surface area (Å²) in [6, 6.07) is 7.80. The number of nitrogens with one attached hydrogen (secondary N) is 2. The highest BCUT2D eigenvalue weighted by atomic mass is 79.9. The van der Waals surface area contributed by atoms with Crippen molar-refractivity contribution in [3.8, 4) is 0 Å². The smallest absolute Gasteiger partial charge is 0.319 e. The van der Waals surface area contributed by atoms with Crippen LogP contribution in [0.4, 0.5) is 10.5 Å². The number of carbonyl (C=O) groups is 1. The van der Waals surface area contributed by atoms with Gasteiger partial charge in [-0.05, 0) is 43.5 Å². The Morgan fingerprint density at radius 2 is 1.93 bits per heavy atom. The van der Waals surface area contributed by atoms with Crippen LogP contribution in [-0.4, -0.2) is 12.1 Å². The van der Waals surface area contributed by atoms with Crippen LogP contribution in [0.2, 0.25) is 0 Å². The van der Waals surface area contributed by atoms with Gasteiger partial charge in [-0.3, -0.25) is 0 Å². The first-order valence-corrected chi connectivity index (χ1v) is 5.86. The maximum absolute atomic E-state index is 11.5. The molecule has 2 N–H and O–H groups in total. The van der Waals surface area contributed by atoms with E-state index < -0.39 is 0 Å². The second-order valence-electron chi connectivity index (χ2n) is 3.73. The highest BCUT2D eigenvalue weighted by Crippen LogP contribution is 2.18. The van der Waals surface area contributed by atoms with E-state index in [1.54, 1.807) is 0 Å². The molecule has 1 saturated carbocycles. The van der Waals surface area contributed by atoms with Crippen LogP contribution in [0.3, 0.4) is 0 Å². The molecule has 1 fully saturated rings. The van der Waals surface area contributed by atoms with E-state index in [4.69, 9.17) is 0 Å². The molecule has 0 saturated heterocycles. The third-order valence-electron chi connectivity index (χ3n) is 2.54. The normalized spacial score (nSPS) is 15.5. The molecule has 0 aliphatic heterocycles. The van der Waals surface area contributed by atoms with Crippen molar-refractivity contribution in [2.24, 2.45) is 0 Å². The standard InChI is InChI=1S/C11H13BrN2O/c12-8-4-6-10(7-5-8)14-11(15)13-9-2-1-3-9/h4-7,9H,1-3H2,(H2,13,14,15). The SMILES string of the molecule is O=C(Nc1ccc(Br)cc1)NC1CCC1. The van der Waals surface area contributed by atoms with Gasteiger partial charge in [-0.1, -0.05) is 15.9 Å². The summed E-state index contributed by atoms with van der Waals surface area (Å²) in [6.45, 7) is 0. The van der Waals surface area contributed by atoms with E-state index >= 15 is 0 Å². The summed E-state index contributed by atoms with van der Waals surface area (Å²) < 4.78 is 1.01. The van der Waals surface area contributed by atoms with Gasteiger partial charge in [0.15, 0.2) is 0 Å². The molecule has 15 heavy (non-hydrogen) atoms. The van der Waals surface area contributed by atoms with Crippen LogP contribution in [0.5, 0.6) is 0 Å². The van der Waals surface area contributed by atoms with E-state index in [9.17, 15) is 4.79 Å². The average molecular weight is 269 g/mol. The Kier molecular flexibility index (Phi) is 3.26. The fraction of sp³-hybridized carbons (Fsp3) is 0.364. The van der Waals surface area contributed by atoms with Crippen molar-refractivity contribution in [1.82, 2.24) is 5.32 Å². The largest absolute Gasteiger partial charge is 0.335 e. The molecule has 4 heteroatoms. The fourth-order valence-corrected chi connectivity index (χ4v) is 1.70. The number of anilines is 1. The van der Waals surface area contributed by atoms with Gasteiger partial charge in [0.1, 0.15) is 0 Å². The summed E-state index contributed by atoms with van der Waals surface area (Å²) in [7, 11) is 0. The van der Waals surface area contributed by atoms with Crippen molar-refractivity contribution in [3.05, 3.63) is 28.7 Å². The van der Waals surface area contributed by atoms with Gasteiger partial charge >= 0.3 is 6.03 Å². The van der Waals surface area contributed by atoms with Crippen molar-refractivity contribution in [2.45, 2.75) is 25.3 Å². The quantitative estimate of drug-likeness (QED) is 0.850. The highest BCUT2D eigenvalue weighted by Gasteiger charge is 2.18. The van der Waals surface area contributed by atoms with Crippen LogP contribution in [0, 0.1) is 0 Å². The van der Waals surface area contributed by atoms with Gasteiger partial charge in [-0.25, -0.2) is 4.79 Å². The summed E-state index contributed by atoms with van der Waals surface area (Å²) in [5, 5.41) is 5.72. The molecule has 1 aliphatic rings. The molecule has 0 unspecified atom stereocenters. The van der Waals surface area contributed by atoms with E-state index in [1.165, 1.54) is 6.42 Å². The van der Waals surface area contributed by atoms with Crippen LogP contribution in [0.25, 0.3) is 0 Å². The van der Waals surface area contributed by atoms with Crippen molar-refractivity contribution in [2.75, 3.05) is 5.32 Å². The van der Waals surface area contributed by atoms with E-state index in [0.29, 0.717) is 6.04 Å². The summed E-state index contributed by atoms with van der Waals surface area (Å²) >= 11 is 3.34. The predicted molar refractivity (Wildman–Crippen MR) is 63.9 cm³/mol. The number of hydrogen-bond acceptors (Lipinski definition) is 1. The Bertz CT molecular complexity index is 346. The molecule has 1 aromatic carbocycles. The Balaban J connectivity index is 1.84. The highest BCUT2D eigenvalue weighted by molar-refractivity contribution is 9.10. The van der Waals surface area contributed by atoms with Crippen molar-refractivity contribution in [3.63, 3.8) is 0 Å². The van der Waals surface area contributed by atoms with Gasteiger partial charge in [0.2, 0.25) is 0 Å². The van der Waals surface area contributed by atoms with E-state index in [1.807, 2.05) is 24.3 Å². The lowest BCUT2D eigenvalue weighted by atomic mass is 9.93. The zero-order valence-corrected chi connectivity index (χ0v) is 9.88. The second-order valence-corrected chi connectivity index (χ2v) is 4.65. The minimum Gasteiger partial charge on any atom is -0.335 e. The fourth-order valence-electron chi connectivity index (χ4n) is 1.44. The number of halogens is 1. The first-order chi connectivity index (χ1) is 7.24. The Hall–Kier alpha value is -1.03.